The average Bonchev–Trinajstić information content (AvgIpc) is 3.62. The van der Waals surface area contributed by atoms with Crippen molar-refractivity contribution in [3.05, 3.63) is 56.0 Å². The highest BCUT2D eigenvalue weighted by Crippen LogP contribution is 2.37. The number of nitro benzene ring substituents is 1. The fraction of sp³-hybridized carbons (Fsp3) is 0.593. The Morgan fingerprint density at radius 1 is 1.29 bits per heavy atom. The highest BCUT2D eigenvalue weighted by Gasteiger charge is 2.46. The van der Waals surface area contributed by atoms with E-state index in [1.165, 1.54) is 7.11 Å². The molecule has 0 radical (unpaired) electrons. The molecule has 5 rings (SSSR count). The number of piperidine rings is 1. The summed E-state index contributed by atoms with van der Waals surface area (Å²) in [6, 6.07) is 1.62. The minimum absolute atomic E-state index is 0.0408. The number of non-ortho nitro benzene ring substituents is 1. The minimum atomic E-state index is -4.77. The van der Waals surface area contributed by atoms with Crippen molar-refractivity contribution in [3.63, 3.8) is 0 Å². The summed E-state index contributed by atoms with van der Waals surface area (Å²) >= 11 is 6.18. The summed E-state index contributed by atoms with van der Waals surface area (Å²) in [6.07, 6.45) is -1.40. The average molecular weight is 613 g/mol. The van der Waals surface area contributed by atoms with E-state index in [0.29, 0.717) is 43.3 Å². The number of benzene rings is 1. The lowest BCUT2D eigenvalue weighted by molar-refractivity contribution is -0.385. The third-order valence-corrected chi connectivity index (χ3v) is 8.47. The quantitative estimate of drug-likeness (QED) is 0.256. The van der Waals surface area contributed by atoms with Gasteiger partial charge in [0.2, 0.25) is 5.28 Å². The molecule has 11 nitrogen and oxygen atoms in total. The smallest absolute Gasteiger partial charge is 0.377 e. The molecular formula is C27H32ClF3N6O5. The summed E-state index contributed by atoms with van der Waals surface area (Å²) in [5, 5.41) is 14.2. The van der Waals surface area contributed by atoms with E-state index >= 15 is 0 Å². The van der Waals surface area contributed by atoms with Gasteiger partial charge in [0.05, 0.1) is 41.4 Å². The molecule has 228 valence electrons. The number of hydrogen-bond donors (Lipinski definition) is 1. The van der Waals surface area contributed by atoms with Crippen LogP contribution in [0.25, 0.3) is 0 Å². The van der Waals surface area contributed by atoms with Crippen LogP contribution in [0.4, 0.5) is 24.7 Å². The number of carbonyl (C=O) groups excluding carboxylic acids is 1. The van der Waals surface area contributed by atoms with Crippen LogP contribution in [-0.2, 0) is 33.5 Å². The van der Waals surface area contributed by atoms with Gasteiger partial charge in [-0.15, -0.1) is 0 Å². The highest BCUT2D eigenvalue weighted by atomic mass is 35.5. The Kier molecular flexibility index (Phi) is 8.61. The van der Waals surface area contributed by atoms with E-state index in [-0.39, 0.29) is 41.8 Å². The second-order valence-corrected chi connectivity index (χ2v) is 11.3. The van der Waals surface area contributed by atoms with Gasteiger partial charge in [-0.1, -0.05) is 0 Å². The SMILES string of the molecule is COC1(C(=O)N2Cc3nc(Cl)nc(NC(C)c4cc([N+](=O)[O-])cc(C(F)(F)F)c4)c3C2)CCN(CC2CCCO2)CC1. The Hall–Kier alpha value is -3.07. The number of hydrogen-bond acceptors (Lipinski definition) is 9. The second-order valence-electron chi connectivity index (χ2n) is 11.0. The summed E-state index contributed by atoms with van der Waals surface area (Å²) < 4.78 is 51.9. The van der Waals surface area contributed by atoms with Crippen LogP contribution in [0.3, 0.4) is 0 Å². The van der Waals surface area contributed by atoms with Crippen LogP contribution < -0.4 is 5.32 Å². The van der Waals surface area contributed by atoms with Crippen LogP contribution in [0.5, 0.6) is 0 Å². The fourth-order valence-electron chi connectivity index (χ4n) is 5.90. The molecule has 1 aromatic heterocycles. The Bertz CT molecular complexity index is 1350. The van der Waals surface area contributed by atoms with E-state index in [9.17, 15) is 28.1 Å². The molecule has 15 heteroatoms. The third kappa shape index (κ3) is 6.31. The number of carbonyl (C=O) groups is 1. The lowest BCUT2D eigenvalue weighted by Crippen LogP contribution is -2.55. The van der Waals surface area contributed by atoms with Crippen molar-refractivity contribution in [3.8, 4) is 0 Å². The molecular weight excluding hydrogens is 581 g/mol. The summed E-state index contributed by atoms with van der Waals surface area (Å²) in [6.45, 7) is 4.88. The summed E-state index contributed by atoms with van der Waals surface area (Å²) in [7, 11) is 1.54. The van der Waals surface area contributed by atoms with Crippen LogP contribution in [0.15, 0.2) is 18.2 Å². The number of methoxy groups -OCH3 is 1. The molecule has 0 saturated carbocycles. The maximum Gasteiger partial charge on any atom is 0.416 e. The fourth-order valence-corrected chi connectivity index (χ4v) is 6.08. The molecule has 2 saturated heterocycles. The maximum atomic E-state index is 13.8. The molecule has 1 amide bonds. The highest BCUT2D eigenvalue weighted by molar-refractivity contribution is 6.28. The van der Waals surface area contributed by atoms with Crippen LogP contribution in [0.1, 0.15) is 61.0 Å². The van der Waals surface area contributed by atoms with E-state index in [4.69, 9.17) is 21.1 Å². The van der Waals surface area contributed by atoms with Gasteiger partial charge >= 0.3 is 6.18 Å². The van der Waals surface area contributed by atoms with E-state index < -0.39 is 34.0 Å². The summed E-state index contributed by atoms with van der Waals surface area (Å²) in [5.74, 6) is 0.0640. The zero-order valence-corrected chi connectivity index (χ0v) is 24.0. The van der Waals surface area contributed by atoms with Crippen molar-refractivity contribution in [2.24, 2.45) is 0 Å². The number of fused-ring (bicyclic) bond motifs is 1. The van der Waals surface area contributed by atoms with Gasteiger partial charge in [0.25, 0.3) is 11.6 Å². The number of anilines is 1. The standard InChI is InChI=1S/C27H32ClF3N6O5/c1-16(17-10-18(27(29,30)31)12-19(11-17)37(39)40)32-23-21-14-36(15-22(21)33-25(28)34-23)24(38)26(41-2)5-7-35(8-6-26)13-20-4-3-9-42-20/h10-12,16,20H,3-9,13-15H2,1-2H3,(H,32,33,34). The third-order valence-electron chi connectivity index (χ3n) is 8.30. The van der Waals surface area contributed by atoms with E-state index in [2.05, 4.69) is 20.2 Å². The number of rotatable bonds is 8. The first-order valence-electron chi connectivity index (χ1n) is 13.8. The molecule has 1 N–H and O–H groups in total. The number of halogens is 4. The first-order valence-corrected chi connectivity index (χ1v) is 14.1. The molecule has 1 aromatic carbocycles. The number of ether oxygens (including phenoxy) is 2. The molecule has 2 atom stereocenters. The maximum absolute atomic E-state index is 13.8. The Balaban J connectivity index is 1.31. The molecule has 3 aliphatic rings. The number of nitrogens with zero attached hydrogens (tertiary/aromatic N) is 5. The molecule has 2 aromatic rings. The van der Waals surface area contributed by atoms with Gasteiger partial charge in [-0.05, 0) is 55.8 Å². The topological polar surface area (TPSA) is 123 Å². The largest absolute Gasteiger partial charge is 0.416 e. The number of amides is 1. The van der Waals surface area contributed by atoms with Gasteiger partial charge in [0.1, 0.15) is 11.4 Å². The normalized spacial score (nSPS) is 21.3. The molecule has 0 spiro atoms. The number of nitrogens with one attached hydrogen (secondary N) is 1. The molecule has 4 heterocycles. The number of likely N-dealkylation sites (tertiary alicyclic amines) is 1. The van der Waals surface area contributed by atoms with Crippen LogP contribution in [-0.4, -0.2) is 75.7 Å². The Labute approximate surface area is 245 Å². The van der Waals surface area contributed by atoms with Crippen molar-refractivity contribution in [1.82, 2.24) is 19.8 Å². The van der Waals surface area contributed by atoms with Gasteiger partial charge in [0, 0.05) is 51.0 Å². The molecule has 3 aliphatic heterocycles. The zero-order valence-electron chi connectivity index (χ0n) is 23.2. The number of nitro groups is 1. The van der Waals surface area contributed by atoms with Crippen molar-refractivity contribution in [1.29, 1.82) is 0 Å². The number of alkyl halides is 3. The van der Waals surface area contributed by atoms with Crippen LogP contribution in [0, 0.1) is 10.1 Å². The summed E-state index contributed by atoms with van der Waals surface area (Å²) in [4.78, 5) is 36.7. The monoisotopic (exact) mass is 612 g/mol. The van der Waals surface area contributed by atoms with Crippen molar-refractivity contribution < 1.29 is 32.4 Å². The molecule has 0 aliphatic carbocycles. The van der Waals surface area contributed by atoms with Crippen molar-refractivity contribution >= 4 is 29.0 Å². The minimum Gasteiger partial charge on any atom is -0.377 e. The first-order chi connectivity index (χ1) is 19.9. The van der Waals surface area contributed by atoms with Gasteiger partial charge in [-0.3, -0.25) is 14.9 Å². The van der Waals surface area contributed by atoms with Crippen molar-refractivity contribution in [2.45, 2.75) is 69.6 Å². The van der Waals surface area contributed by atoms with Crippen molar-refractivity contribution in [2.75, 3.05) is 38.7 Å². The number of aromatic nitrogens is 2. The van der Waals surface area contributed by atoms with Gasteiger partial charge in [-0.25, -0.2) is 9.97 Å². The van der Waals surface area contributed by atoms with Gasteiger partial charge in [-0.2, -0.15) is 13.2 Å². The molecule has 0 bridgehead atoms. The predicted molar refractivity (Wildman–Crippen MR) is 146 cm³/mol. The molecule has 42 heavy (non-hydrogen) atoms. The van der Waals surface area contributed by atoms with Gasteiger partial charge in [0.15, 0.2) is 0 Å². The first kappa shape index (κ1) is 30.4. The Morgan fingerprint density at radius 2 is 2.02 bits per heavy atom. The van der Waals surface area contributed by atoms with Gasteiger partial charge < -0.3 is 24.6 Å². The van der Waals surface area contributed by atoms with E-state index in [0.717, 1.165) is 38.1 Å². The predicted octanol–water partition coefficient (Wildman–Crippen LogP) is 4.73. The lowest BCUT2D eigenvalue weighted by atomic mass is 9.89. The lowest BCUT2D eigenvalue weighted by Gasteiger charge is -2.41. The second kappa shape index (κ2) is 11.9. The molecule has 2 unspecified atom stereocenters. The zero-order chi connectivity index (χ0) is 30.2. The van der Waals surface area contributed by atoms with Crippen LogP contribution >= 0.6 is 11.6 Å². The van der Waals surface area contributed by atoms with E-state index in [1.54, 1.807) is 11.8 Å². The summed E-state index contributed by atoms with van der Waals surface area (Å²) in [5.41, 5.74) is -1.68. The Morgan fingerprint density at radius 3 is 2.64 bits per heavy atom. The molecule has 2 fully saturated rings. The van der Waals surface area contributed by atoms with E-state index in [1.807, 2.05) is 0 Å². The van der Waals surface area contributed by atoms with Crippen LogP contribution in [0.2, 0.25) is 5.28 Å².